The molecule has 2 heteroatoms. The Morgan fingerprint density at radius 3 is 2.70 bits per heavy atom. The standard InChI is InChI=1S/C8H15NS/c1-7(2)6-8-9(3)4-5-10-8/h4-5,7-8H,6H2,1-3H3. The summed E-state index contributed by atoms with van der Waals surface area (Å²) in [5.74, 6) is 0.805. The first kappa shape index (κ1) is 7.99. The Morgan fingerprint density at radius 2 is 2.30 bits per heavy atom. The van der Waals surface area contributed by atoms with E-state index in [9.17, 15) is 0 Å². The maximum atomic E-state index is 2.28. The summed E-state index contributed by atoms with van der Waals surface area (Å²) in [5.41, 5.74) is 0. The molecule has 0 aromatic rings. The van der Waals surface area contributed by atoms with E-state index in [1.165, 1.54) is 6.42 Å². The van der Waals surface area contributed by atoms with Crippen LogP contribution in [0.4, 0.5) is 0 Å². The van der Waals surface area contributed by atoms with Crippen LogP contribution in [0.25, 0.3) is 0 Å². The van der Waals surface area contributed by atoms with Crippen LogP contribution >= 0.6 is 11.8 Å². The fourth-order valence-corrected chi connectivity index (χ4v) is 2.24. The van der Waals surface area contributed by atoms with E-state index in [0.717, 1.165) is 5.92 Å². The molecule has 0 N–H and O–H groups in total. The van der Waals surface area contributed by atoms with Crippen LogP contribution in [-0.4, -0.2) is 17.3 Å². The summed E-state index contributed by atoms with van der Waals surface area (Å²) in [6.07, 6.45) is 3.44. The number of hydrogen-bond donors (Lipinski definition) is 0. The van der Waals surface area contributed by atoms with E-state index >= 15 is 0 Å². The van der Waals surface area contributed by atoms with Gasteiger partial charge in [-0.05, 0) is 17.7 Å². The Morgan fingerprint density at radius 1 is 1.60 bits per heavy atom. The van der Waals surface area contributed by atoms with Crippen molar-refractivity contribution in [2.45, 2.75) is 25.6 Å². The topological polar surface area (TPSA) is 3.24 Å². The van der Waals surface area contributed by atoms with Crippen LogP contribution in [0.5, 0.6) is 0 Å². The van der Waals surface area contributed by atoms with Crippen molar-refractivity contribution in [1.82, 2.24) is 4.90 Å². The minimum Gasteiger partial charge on any atom is -0.368 e. The van der Waals surface area contributed by atoms with Gasteiger partial charge in [0, 0.05) is 13.2 Å². The second-order valence-electron chi connectivity index (χ2n) is 3.17. The van der Waals surface area contributed by atoms with Crippen LogP contribution in [-0.2, 0) is 0 Å². The highest BCUT2D eigenvalue weighted by molar-refractivity contribution is 8.02. The molecular formula is C8H15NS. The van der Waals surface area contributed by atoms with Gasteiger partial charge in [0.25, 0.3) is 0 Å². The number of thioether (sulfide) groups is 1. The second-order valence-corrected chi connectivity index (χ2v) is 4.26. The van der Waals surface area contributed by atoms with Gasteiger partial charge >= 0.3 is 0 Å². The molecule has 0 aromatic carbocycles. The first-order valence-corrected chi connectivity index (χ1v) is 4.68. The van der Waals surface area contributed by atoms with E-state index in [1.54, 1.807) is 0 Å². The van der Waals surface area contributed by atoms with Gasteiger partial charge in [0.05, 0.1) is 5.37 Å². The maximum Gasteiger partial charge on any atom is 0.0785 e. The highest BCUT2D eigenvalue weighted by atomic mass is 32.2. The Kier molecular flexibility index (Phi) is 2.66. The quantitative estimate of drug-likeness (QED) is 0.606. The van der Waals surface area contributed by atoms with Crippen molar-refractivity contribution >= 4 is 11.8 Å². The van der Waals surface area contributed by atoms with E-state index in [4.69, 9.17) is 0 Å². The first-order chi connectivity index (χ1) is 4.70. The monoisotopic (exact) mass is 157 g/mol. The van der Waals surface area contributed by atoms with Crippen LogP contribution in [0.3, 0.4) is 0 Å². The Labute approximate surface area is 67.5 Å². The molecule has 0 aromatic heterocycles. The van der Waals surface area contributed by atoms with Crippen molar-refractivity contribution in [3.8, 4) is 0 Å². The van der Waals surface area contributed by atoms with Crippen LogP contribution in [0, 0.1) is 5.92 Å². The fraction of sp³-hybridized carbons (Fsp3) is 0.750. The van der Waals surface area contributed by atoms with Crippen LogP contribution in [0.15, 0.2) is 11.6 Å². The fourth-order valence-electron chi connectivity index (χ4n) is 1.04. The van der Waals surface area contributed by atoms with Gasteiger partial charge in [0.1, 0.15) is 0 Å². The number of nitrogens with zero attached hydrogens (tertiary/aromatic N) is 1. The molecule has 1 nitrogen and oxygen atoms in total. The largest absolute Gasteiger partial charge is 0.368 e. The van der Waals surface area contributed by atoms with E-state index in [-0.39, 0.29) is 0 Å². The minimum atomic E-state index is 0.694. The smallest absolute Gasteiger partial charge is 0.0785 e. The zero-order valence-corrected chi connectivity index (χ0v) is 7.69. The third kappa shape index (κ3) is 1.94. The van der Waals surface area contributed by atoms with Crippen molar-refractivity contribution < 1.29 is 0 Å². The van der Waals surface area contributed by atoms with Gasteiger partial charge < -0.3 is 4.90 Å². The summed E-state index contributed by atoms with van der Waals surface area (Å²) >= 11 is 1.92. The third-order valence-corrected chi connectivity index (χ3v) is 2.78. The summed E-state index contributed by atoms with van der Waals surface area (Å²) in [6.45, 7) is 4.54. The summed E-state index contributed by atoms with van der Waals surface area (Å²) in [4.78, 5) is 2.28. The number of hydrogen-bond acceptors (Lipinski definition) is 2. The minimum absolute atomic E-state index is 0.694. The molecule has 0 radical (unpaired) electrons. The van der Waals surface area contributed by atoms with Crippen LogP contribution < -0.4 is 0 Å². The molecule has 10 heavy (non-hydrogen) atoms. The molecular weight excluding hydrogens is 142 g/mol. The zero-order chi connectivity index (χ0) is 7.56. The van der Waals surface area contributed by atoms with E-state index in [0.29, 0.717) is 5.37 Å². The molecule has 1 heterocycles. The SMILES string of the molecule is CC(C)CC1SC=CN1C. The molecule has 0 spiro atoms. The van der Waals surface area contributed by atoms with Crippen molar-refractivity contribution in [3.63, 3.8) is 0 Å². The van der Waals surface area contributed by atoms with E-state index in [1.807, 2.05) is 11.8 Å². The molecule has 0 bridgehead atoms. The van der Waals surface area contributed by atoms with E-state index < -0.39 is 0 Å². The lowest BCUT2D eigenvalue weighted by atomic mass is 10.1. The second kappa shape index (κ2) is 3.33. The normalized spacial score (nSPS) is 24.8. The van der Waals surface area contributed by atoms with Gasteiger partial charge in [0.2, 0.25) is 0 Å². The van der Waals surface area contributed by atoms with Crippen LogP contribution in [0.1, 0.15) is 20.3 Å². The van der Waals surface area contributed by atoms with Gasteiger partial charge in [-0.15, -0.1) is 11.8 Å². The summed E-state index contributed by atoms with van der Waals surface area (Å²) < 4.78 is 0. The Balaban J connectivity index is 2.30. The molecule has 1 rings (SSSR count). The predicted octanol–water partition coefficient (Wildman–Crippen LogP) is 2.51. The van der Waals surface area contributed by atoms with Crippen molar-refractivity contribution in [2.75, 3.05) is 7.05 Å². The van der Waals surface area contributed by atoms with Crippen molar-refractivity contribution in [3.05, 3.63) is 11.6 Å². The summed E-state index contributed by atoms with van der Waals surface area (Å²) in [7, 11) is 2.14. The predicted molar refractivity (Wildman–Crippen MR) is 47.7 cm³/mol. The molecule has 1 atom stereocenters. The van der Waals surface area contributed by atoms with E-state index in [2.05, 4.69) is 37.4 Å². The molecule has 1 unspecified atom stereocenters. The van der Waals surface area contributed by atoms with Crippen molar-refractivity contribution in [2.24, 2.45) is 5.92 Å². The molecule has 0 saturated carbocycles. The molecule has 1 aliphatic rings. The van der Waals surface area contributed by atoms with Gasteiger partial charge in [0.15, 0.2) is 0 Å². The molecule has 0 saturated heterocycles. The first-order valence-electron chi connectivity index (χ1n) is 3.74. The van der Waals surface area contributed by atoms with Crippen molar-refractivity contribution in [1.29, 1.82) is 0 Å². The lowest BCUT2D eigenvalue weighted by Gasteiger charge is -2.21. The summed E-state index contributed by atoms with van der Waals surface area (Å²) in [6, 6.07) is 0. The summed E-state index contributed by atoms with van der Waals surface area (Å²) in [5, 5.41) is 2.87. The molecule has 0 fully saturated rings. The lowest BCUT2D eigenvalue weighted by molar-refractivity contribution is 0.379. The molecule has 58 valence electrons. The van der Waals surface area contributed by atoms with Gasteiger partial charge in [-0.1, -0.05) is 13.8 Å². The van der Waals surface area contributed by atoms with Gasteiger partial charge in [-0.3, -0.25) is 0 Å². The lowest BCUT2D eigenvalue weighted by Crippen LogP contribution is -2.21. The maximum absolute atomic E-state index is 2.28. The highest BCUT2D eigenvalue weighted by Crippen LogP contribution is 2.28. The van der Waals surface area contributed by atoms with Gasteiger partial charge in [-0.25, -0.2) is 0 Å². The Bertz CT molecular complexity index is 131. The zero-order valence-electron chi connectivity index (χ0n) is 6.87. The average molecular weight is 157 g/mol. The average Bonchev–Trinajstić information content (AvgIpc) is 2.15. The molecule has 0 amide bonds. The Hall–Kier alpha value is -0.110. The number of rotatable bonds is 2. The third-order valence-electron chi connectivity index (χ3n) is 1.66. The highest BCUT2D eigenvalue weighted by Gasteiger charge is 2.16. The molecule has 1 aliphatic heterocycles. The molecule has 0 aliphatic carbocycles. The van der Waals surface area contributed by atoms with Gasteiger partial charge in [-0.2, -0.15) is 0 Å². The van der Waals surface area contributed by atoms with Crippen LogP contribution in [0.2, 0.25) is 0 Å².